The van der Waals surface area contributed by atoms with Gasteiger partial charge in [-0.05, 0) is 24.1 Å². The van der Waals surface area contributed by atoms with Crippen molar-refractivity contribution < 1.29 is 0 Å². The third-order valence-corrected chi connectivity index (χ3v) is 3.45. The van der Waals surface area contributed by atoms with E-state index in [0.717, 1.165) is 0 Å². The van der Waals surface area contributed by atoms with Crippen LogP contribution in [-0.4, -0.2) is 7.05 Å². The molecule has 2 nitrogen and oxygen atoms in total. The fourth-order valence-corrected chi connectivity index (χ4v) is 2.19. The van der Waals surface area contributed by atoms with E-state index >= 15 is 0 Å². The molecule has 2 N–H and O–H groups in total. The van der Waals surface area contributed by atoms with Gasteiger partial charge in [-0.3, -0.25) is 0 Å². The quantitative estimate of drug-likeness (QED) is 0.888. The van der Waals surface area contributed by atoms with E-state index in [0.29, 0.717) is 12.6 Å². The molecule has 0 saturated heterocycles. The maximum Gasteiger partial charge on any atom is 0.0511 e. The zero-order valence-electron chi connectivity index (χ0n) is 11.0. The van der Waals surface area contributed by atoms with Gasteiger partial charge in [0.25, 0.3) is 0 Å². The highest BCUT2D eigenvalue weighted by atomic mass is 15.1. The minimum atomic E-state index is 0.332. The molecule has 2 heteroatoms. The lowest BCUT2D eigenvalue weighted by atomic mass is 10.1. The van der Waals surface area contributed by atoms with E-state index < -0.39 is 0 Å². The second-order valence-corrected chi connectivity index (χ2v) is 4.53. The number of rotatable bonds is 4. The van der Waals surface area contributed by atoms with Crippen LogP contribution in [0.15, 0.2) is 54.6 Å². The molecular weight excluding hydrogens is 220 g/mol. The van der Waals surface area contributed by atoms with Crippen molar-refractivity contribution in [2.75, 3.05) is 11.9 Å². The molecule has 1 atom stereocenters. The Bertz CT molecular complexity index is 493. The Hall–Kier alpha value is -1.80. The van der Waals surface area contributed by atoms with Gasteiger partial charge in [-0.15, -0.1) is 0 Å². The molecule has 0 aliphatic heterocycles. The van der Waals surface area contributed by atoms with E-state index in [-0.39, 0.29) is 0 Å². The molecule has 0 spiro atoms. The van der Waals surface area contributed by atoms with Crippen molar-refractivity contribution in [1.29, 1.82) is 0 Å². The Morgan fingerprint density at radius 1 is 1.00 bits per heavy atom. The van der Waals surface area contributed by atoms with Gasteiger partial charge in [-0.25, -0.2) is 0 Å². The van der Waals surface area contributed by atoms with Crippen molar-refractivity contribution in [3.8, 4) is 0 Å². The minimum absolute atomic E-state index is 0.332. The van der Waals surface area contributed by atoms with Gasteiger partial charge in [0.2, 0.25) is 0 Å². The van der Waals surface area contributed by atoms with E-state index in [1.165, 1.54) is 16.8 Å². The average molecular weight is 240 g/mol. The van der Waals surface area contributed by atoms with Crippen molar-refractivity contribution in [1.82, 2.24) is 0 Å². The number of nitrogens with two attached hydrogens (primary N) is 1. The molecule has 0 radical (unpaired) electrons. The first-order chi connectivity index (χ1) is 8.74. The predicted octanol–water partition coefficient (Wildman–Crippen LogP) is 3.34. The van der Waals surface area contributed by atoms with Crippen LogP contribution in [0.1, 0.15) is 24.1 Å². The molecule has 0 aliphatic rings. The number of benzene rings is 2. The van der Waals surface area contributed by atoms with Gasteiger partial charge in [0.15, 0.2) is 0 Å². The Labute approximate surface area is 109 Å². The molecule has 0 heterocycles. The van der Waals surface area contributed by atoms with Gasteiger partial charge in [0.1, 0.15) is 0 Å². The van der Waals surface area contributed by atoms with Gasteiger partial charge in [-0.2, -0.15) is 0 Å². The smallest absolute Gasteiger partial charge is 0.0511 e. The van der Waals surface area contributed by atoms with Crippen LogP contribution >= 0.6 is 0 Å². The maximum atomic E-state index is 5.80. The predicted molar refractivity (Wildman–Crippen MR) is 77.6 cm³/mol. The third kappa shape index (κ3) is 2.54. The van der Waals surface area contributed by atoms with Crippen molar-refractivity contribution in [2.45, 2.75) is 19.5 Å². The molecule has 0 saturated carbocycles. The highest BCUT2D eigenvalue weighted by Crippen LogP contribution is 2.27. The van der Waals surface area contributed by atoms with Crippen molar-refractivity contribution >= 4 is 5.69 Å². The van der Waals surface area contributed by atoms with Gasteiger partial charge >= 0.3 is 0 Å². The second-order valence-electron chi connectivity index (χ2n) is 4.53. The maximum absolute atomic E-state index is 5.80. The molecule has 18 heavy (non-hydrogen) atoms. The number of hydrogen-bond donors (Lipinski definition) is 1. The first-order valence-electron chi connectivity index (χ1n) is 6.29. The molecule has 0 aromatic heterocycles. The molecule has 0 fully saturated rings. The van der Waals surface area contributed by atoms with E-state index in [2.05, 4.69) is 61.3 Å². The topological polar surface area (TPSA) is 29.3 Å². The van der Waals surface area contributed by atoms with Crippen molar-refractivity contribution in [3.63, 3.8) is 0 Å². The lowest BCUT2D eigenvalue weighted by Gasteiger charge is -2.29. The molecule has 1 unspecified atom stereocenters. The highest BCUT2D eigenvalue weighted by Gasteiger charge is 2.13. The number of nitrogens with zero attached hydrogens (tertiary/aromatic N) is 1. The molecule has 0 aliphatic carbocycles. The van der Waals surface area contributed by atoms with Crippen LogP contribution in [0, 0.1) is 0 Å². The summed E-state index contributed by atoms with van der Waals surface area (Å²) in [6.07, 6.45) is 0. The standard InChI is InChI=1S/C16H20N2/c1-13(14-8-4-3-5-9-14)18(2)16-11-7-6-10-15(16)12-17/h3-11,13H,12,17H2,1-2H3. The summed E-state index contributed by atoms with van der Waals surface area (Å²) in [5, 5.41) is 0. The third-order valence-electron chi connectivity index (χ3n) is 3.45. The van der Waals surface area contributed by atoms with Crippen LogP contribution in [0.4, 0.5) is 5.69 Å². The normalized spacial score (nSPS) is 12.2. The summed E-state index contributed by atoms with van der Waals surface area (Å²) in [6.45, 7) is 2.78. The first kappa shape index (κ1) is 12.7. The summed E-state index contributed by atoms with van der Waals surface area (Å²) in [5.41, 5.74) is 9.50. The van der Waals surface area contributed by atoms with Crippen LogP contribution in [0.5, 0.6) is 0 Å². The summed E-state index contributed by atoms with van der Waals surface area (Å²) in [6, 6.07) is 19.2. The van der Waals surface area contributed by atoms with Gasteiger partial charge in [0.05, 0.1) is 6.04 Å². The number of hydrogen-bond acceptors (Lipinski definition) is 2. The van der Waals surface area contributed by atoms with Crippen LogP contribution in [0.2, 0.25) is 0 Å². The zero-order valence-corrected chi connectivity index (χ0v) is 11.0. The molecule has 0 amide bonds. The summed E-state index contributed by atoms with van der Waals surface area (Å²) >= 11 is 0. The summed E-state index contributed by atoms with van der Waals surface area (Å²) < 4.78 is 0. The number of anilines is 1. The summed E-state index contributed by atoms with van der Waals surface area (Å²) in [7, 11) is 2.12. The second kappa shape index (κ2) is 5.69. The van der Waals surface area contributed by atoms with E-state index in [1.807, 2.05) is 12.1 Å². The average Bonchev–Trinajstić information content (AvgIpc) is 2.46. The zero-order chi connectivity index (χ0) is 13.0. The van der Waals surface area contributed by atoms with Crippen LogP contribution < -0.4 is 10.6 Å². The molecule has 2 aromatic carbocycles. The number of para-hydroxylation sites is 1. The molecule has 2 aromatic rings. The Balaban J connectivity index is 2.28. The molecule has 94 valence electrons. The van der Waals surface area contributed by atoms with Crippen LogP contribution in [0.3, 0.4) is 0 Å². The lowest BCUT2D eigenvalue weighted by Crippen LogP contribution is -2.23. The highest BCUT2D eigenvalue weighted by molar-refractivity contribution is 5.54. The molecule has 2 rings (SSSR count). The Morgan fingerprint density at radius 2 is 1.61 bits per heavy atom. The monoisotopic (exact) mass is 240 g/mol. The molecule has 0 bridgehead atoms. The van der Waals surface area contributed by atoms with Crippen molar-refractivity contribution in [3.05, 3.63) is 65.7 Å². The van der Waals surface area contributed by atoms with Crippen molar-refractivity contribution in [2.24, 2.45) is 5.73 Å². The summed E-state index contributed by atoms with van der Waals surface area (Å²) in [4.78, 5) is 2.28. The van der Waals surface area contributed by atoms with E-state index in [9.17, 15) is 0 Å². The minimum Gasteiger partial charge on any atom is -0.368 e. The van der Waals surface area contributed by atoms with Gasteiger partial charge in [-0.1, -0.05) is 48.5 Å². The van der Waals surface area contributed by atoms with E-state index in [1.54, 1.807) is 0 Å². The van der Waals surface area contributed by atoms with Crippen LogP contribution in [0.25, 0.3) is 0 Å². The first-order valence-corrected chi connectivity index (χ1v) is 6.29. The largest absolute Gasteiger partial charge is 0.368 e. The fourth-order valence-electron chi connectivity index (χ4n) is 2.19. The Morgan fingerprint density at radius 3 is 2.28 bits per heavy atom. The Kier molecular flexibility index (Phi) is 4.00. The SMILES string of the molecule is CC(c1ccccc1)N(C)c1ccccc1CN. The van der Waals surface area contributed by atoms with Gasteiger partial charge < -0.3 is 10.6 Å². The van der Waals surface area contributed by atoms with Crippen LogP contribution in [-0.2, 0) is 6.54 Å². The summed E-state index contributed by atoms with van der Waals surface area (Å²) in [5.74, 6) is 0. The fraction of sp³-hybridized carbons (Fsp3) is 0.250. The van der Waals surface area contributed by atoms with E-state index in [4.69, 9.17) is 5.73 Å². The lowest BCUT2D eigenvalue weighted by molar-refractivity contribution is 0.735. The van der Waals surface area contributed by atoms with Gasteiger partial charge in [0, 0.05) is 19.3 Å². The molecular formula is C16H20N2.